The van der Waals surface area contributed by atoms with Gasteiger partial charge in [-0.25, -0.2) is 0 Å². The third kappa shape index (κ3) is 3.55. The van der Waals surface area contributed by atoms with Crippen LogP contribution in [-0.4, -0.2) is 48.8 Å². The Labute approximate surface area is 124 Å². The van der Waals surface area contributed by atoms with Gasteiger partial charge in [0.05, 0.1) is 11.7 Å². The molecule has 1 saturated carbocycles. The van der Waals surface area contributed by atoms with E-state index in [0.717, 1.165) is 12.6 Å². The zero-order valence-electron chi connectivity index (χ0n) is 13.2. The largest absolute Gasteiger partial charge is 0.370 e. The molecule has 3 fully saturated rings. The molecular formula is C17H32N2O. The maximum Gasteiger partial charge on any atom is 0.0710 e. The minimum atomic E-state index is 0.300. The van der Waals surface area contributed by atoms with Crippen molar-refractivity contribution in [2.75, 3.05) is 26.2 Å². The number of rotatable bonds is 6. The van der Waals surface area contributed by atoms with Crippen molar-refractivity contribution in [3.8, 4) is 0 Å². The summed E-state index contributed by atoms with van der Waals surface area (Å²) < 4.78 is 6.49. The average Bonchev–Trinajstić information content (AvgIpc) is 3.15. The molecule has 2 saturated heterocycles. The van der Waals surface area contributed by atoms with Gasteiger partial charge >= 0.3 is 0 Å². The fourth-order valence-corrected chi connectivity index (χ4v) is 4.50. The Morgan fingerprint density at radius 3 is 2.65 bits per heavy atom. The van der Waals surface area contributed by atoms with Crippen molar-refractivity contribution in [2.24, 2.45) is 0 Å². The van der Waals surface area contributed by atoms with E-state index in [4.69, 9.17) is 4.74 Å². The molecule has 0 aromatic heterocycles. The molecule has 1 N–H and O–H groups in total. The fraction of sp³-hybridized carbons (Fsp3) is 1.00. The molecule has 116 valence electrons. The van der Waals surface area contributed by atoms with E-state index in [9.17, 15) is 0 Å². The Morgan fingerprint density at radius 1 is 1.10 bits per heavy atom. The average molecular weight is 280 g/mol. The molecule has 3 rings (SSSR count). The normalized spacial score (nSPS) is 32.7. The summed E-state index contributed by atoms with van der Waals surface area (Å²) >= 11 is 0. The molecule has 0 bridgehead atoms. The first kappa shape index (κ1) is 14.8. The monoisotopic (exact) mass is 280 g/mol. The molecule has 0 aromatic rings. The topological polar surface area (TPSA) is 24.5 Å². The quantitative estimate of drug-likeness (QED) is 0.809. The van der Waals surface area contributed by atoms with Gasteiger partial charge < -0.3 is 10.1 Å². The van der Waals surface area contributed by atoms with Crippen LogP contribution in [0, 0.1) is 0 Å². The van der Waals surface area contributed by atoms with Gasteiger partial charge in [0.15, 0.2) is 0 Å². The summed E-state index contributed by atoms with van der Waals surface area (Å²) in [6, 6.07) is 0.725. The van der Waals surface area contributed by atoms with Crippen LogP contribution in [-0.2, 0) is 4.74 Å². The fourth-order valence-electron chi connectivity index (χ4n) is 4.50. The number of ether oxygens (including phenoxy) is 1. The Bertz CT molecular complexity index is 295. The lowest BCUT2D eigenvalue weighted by molar-refractivity contribution is -0.0477. The Balaban J connectivity index is 1.48. The molecule has 0 amide bonds. The van der Waals surface area contributed by atoms with E-state index in [1.807, 2.05) is 0 Å². The maximum atomic E-state index is 6.49. The smallest absolute Gasteiger partial charge is 0.0710 e. The lowest BCUT2D eigenvalue weighted by atomic mass is 9.98. The molecule has 0 aromatic carbocycles. The molecule has 3 heteroatoms. The van der Waals surface area contributed by atoms with Gasteiger partial charge in [0, 0.05) is 19.1 Å². The van der Waals surface area contributed by atoms with Gasteiger partial charge in [-0.15, -0.1) is 0 Å². The molecule has 20 heavy (non-hydrogen) atoms. The third-order valence-electron chi connectivity index (χ3n) is 5.50. The van der Waals surface area contributed by atoms with Gasteiger partial charge in [0.2, 0.25) is 0 Å². The van der Waals surface area contributed by atoms with Gasteiger partial charge in [-0.2, -0.15) is 0 Å². The molecule has 2 unspecified atom stereocenters. The van der Waals surface area contributed by atoms with Gasteiger partial charge in [-0.1, -0.05) is 19.8 Å². The summed E-state index contributed by atoms with van der Waals surface area (Å²) in [4.78, 5) is 2.65. The van der Waals surface area contributed by atoms with Gasteiger partial charge in [0.1, 0.15) is 0 Å². The van der Waals surface area contributed by atoms with Crippen molar-refractivity contribution in [3.05, 3.63) is 0 Å². The van der Waals surface area contributed by atoms with Crippen molar-refractivity contribution >= 4 is 0 Å². The second-order valence-electron chi connectivity index (χ2n) is 7.22. The zero-order valence-corrected chi connectivity index (χ0v) is 13.2. The summed E-state index contributed by atoms with van der Waals surface area (Å²) in [5.74, 6) is 0. The lowest BCUT2D eigenvalue weighted by Gasteiger charge is -2.29. The molecular weight excluding hydrogens is 248 g/mol. The minimum Gasteiger partial charge on any atom is -0.370 e. The Hall–Kier alpha value is -0.120. The van der Waals surface area contributed by atoms with Crippen LogP contribution in [0.25, 0.3) is 0 Å². The van der Waals surface area contributed by atoms with Crippen LogP contribution in [0.2, 0.25) is 0 Å². The maximum absolute atomic E-state index is 6.49. The Kier molecular flexibility index (Phi) is 5.00. The zero-order chi connectivity index (χ0) is 13.8. The number of nitrogens with one attached hydrogen (secondary N) is 1. The highest BCUT2D eigenvalue weighted by atomic mass is 16.5. The number of hydrogen-bond acceptors (Lipinski definition) is 3. The minimum absolute atomic E-state index is 0.300. The van der Waals surface area contributed by atoms with E-state index >= 15 is 0 Å². The van der Waals surface area contributed by atoms with Crippen molar-refractivity contribution in [1.82, 2.24) is 10.2 Å². The molecule has 1 aliphatic carbocycles. The van der Waals surface area contributed by atoms with Crippen molar-refractivity contribution < 1.29 is 4.74 Å². The molecule has 3 aliphatic rings. The molecule has 2 heterocycles. The molecule has 3 nitrogen and oxygen atoms in total. The highest BCUT2D eigenvalue weighted by Crippen LogP contribution is 2.43. The molecule has 2 aliphatic heterocycles. The lowest BCUT2D eigenvalue weighted by Crippen LogP contribution is -2.42. The first-order valence-corrected chi connectivity index (χ1v) is 8.93. The summed E-state index contributed by atoms with van der Waals surface area (Å²) in [6.45, 7) is 7.12. The summed E-state index contributed by atoms with van der Waals surface area (Å²) in [5, 5.41) is 3.64. The summed E-state index contributed by atoms with van der Waals surface area (Å²) in [7, 11) is 0. The molecule has 0 radical (unpaired) electrons. The molecule has 2 atom stereocenters. The molecule has 1 spiro atoms. The highest BCUT2D eigenvalue weighted by molar-refractivity contribution is 4.93. The van der Waals surface area contributed by atoms with Crippen LogP contribution in [0.4, 0.5) is 0 Å². The number of nitrogens with zero attached hydrogens (tertiary/aromatic N) is 1. The predicted octanol–water partition coefficient (Wildman–Crippen LogP) is 2.94. The first-order valence-electron chi connectivity index (χ1n) is 8.93. The second kappa shape index (κ2) is 6.76. The second-order valence-corrected chi connectivity index (χ2v) is 7.22. The van der Waals surface area contributed by atoms with Crippen molar-refractivity contribution in [2.45, 2.75) is 82.5 Å². The van der Waals surface area contributed by atoms with Gasteiger partial charge in [-0.05, 0) is 58.0 Å². The van der Waals surface area contributed by atoms with Crippen LogP contribution >= 0.6 is 0 Å². The highest BCUT2D eigenvalue weighted by Gasteiger charge is 2.42. The standard InChI is InChI=1S/C17H32N2O/c1-2-12-19(13-15-6-5-11-18-15)14-16-7-10-17(20-16)8-3-4-9-17/h15-16,18H,2-14H2,1H3. The van der Waals surface area contributed by atoms with E-state index in [-0.39, 0.29) is 0 Å². The van der Waals surface area contributed by atoms with Crippen LogP contribution in [0.3, 0.4) is 0 Å². The van der Waals surface area contributed by atoms with E-state index < -0.39 is 0 Å². The SMILES string of the molecule is CCCN(CC1CCCN1)CC1CCC2(CCCC2)O1. The predicted molar refractivity (Wildman–Crippen MR) is 83.1 cm³/mol. The van der Waals surface area contributed by atoms with Crippen molar-refractivity contribution in [3.63, 3.8) is 0 Å². The Morgan fingerprint density at radius 2 is 1.95 bits per heavy atom. The van der Waals surface area contributed by atoms with E-state index in [1.54, 1.807) is 0 Å². The number of hydrogen-bond donors (Lipinski definition) is 1. The van der Waals surface area contributed by atoms with Crippen LogP contribution < -0.4 is 5.32 Å². The van der Waals surface area contributed by atoms with Crippen LogP contribution in [0.15, 0.2) is 0 Å². The summed E-state index contributed by atoms with van der Waals surface area (Å²) in [6.07, 6.45) is 12.5. The van der Waals surface area contributed by atoms with E-state index in [1.165, 1.54) is 77.4 Å². The third-order valence-corrected chi connectivity index (χ3v) is 5.50. The van der Waals surface area contributed by atoms with Crippen LogP contribution in [0.5, 0.6) is 0 Å². The van der Waals surface area contributed by atoms with Gasteiger partial charge in [0.25, 0.3) is 0 Å². The van der Waals surface area contributed by atoms with Crippen LogP contribution in [0.1, 0.15) is 64.7 Å². The summed E-state index contributed by atoms with van der Waals surface area (Å²) in [5.41, 5.74) is 0.300. The van der Waals surface area contributed by atoms with Crippen molar-refractivity contribution in [1.29, 1.82) is 0 Å². The van der Waals surface area contributed by atoms with Gasteiger partial charge in [-0.3, -0.25) is 4.90 Å². The first-order chi connectivity index (χ1) is 9.80. The van der Waals surface area contributed by atoms with E-state index in [0.29, 0.717) is 11.7 Å². The van der Waals surface area contributed by atoms with E-state index in [2.05, 4.69) is 17.1 Å².